The highest BCUT2D eigenvalue weighted by atomic mass is 19.2. The Labute approximate surface area is 150 Å². The number of benzene rings is 2. The van der Waals surface area contributed by atoms with Crippen LogP contribution in [0.15, 0.2) is 30.3 Å². The van der Waals surface area contributed by atoms with Crippen molar-refractivity contribution in [2.24, 2.45) is 0 Å². The average molecular weight is 382 g/mol. The summed E-state index contributed by atoms with van der Waals surface area (Å²) >= 11 is 0. The Morgan fingerprint density at radius 2 is 1.81 bits per heavy atom. The number of rotatable bonds is 5. The molecule has 2 aromatic rings. The van der Waals surface area contributed by atoms with Crippen molar-refractivity contribution in [1.29, 1.82) is 0 Å². The second kappa shape index (κ2) is 7.85. The fourth-order valence-electron chi connectivity index (χ4n) is 2.18. The number of hydrogen-bond donors (Lipinski definition) is 1. The van der Waals surface area contributed by atoms with E-state index in [9.17, 15) is 32.9 Å². The Morgan fingerprint density at radius 1 is 1.15 bits per heavy atom. The first-order chi connectivity index (χ1) is 12.6. The van der Waals surface area contributed by atoms with Crippen molar-refractivity contribution in [2.75, 3.05) is 5.32 Å². The molecule has 0 saturated carbocycles. The van der Waals surface area contributed by atoms with E-state index in [1.807, 2.05) is 5.32 Å². The zero-order valence-corrected chi connectivity index (χ0v) is 14.1. The lowest BCUT2D eigenvalue weighted by Gasteiger charge is -2.15. The number of nitrogens with one attached hydrogen (secondary N) is 1. The van der Waals surface area contributed by atoms with Crippen LogP contribution in [0.1, 0.15) is 22.8 Å². The summed E-state index contributed by atoms with van der Waals surface area (Å²) in [6, 6.07) is 5.20. The van der Waals surface area contributed by atoms with Crippen LogP contribution >= 0.6 is 0 Å². The molecule has 142 valence electrons. The summed E-state index contributed by atoms with van der Waals surface area (Å²) in [5, 5.41) is 12.9. The van der Waals surface area contributed by atoms with Gasteiger partial charge in [-0.1, -0.05) is 6.07 Å². The van der Waals surface area contributed by atoms with Gasteiger partial charge in [0, 0.05) is 11.6 Å². The predicted molar refractivity (Wildman–Crippen MR) is 87.7 cm³/mol. The number of amides is 1. The molecule has 0 unspecified atom stereocenters. The first kappa shape index (κ1) is 19.9. The van der Waals surface area contributed by atoms with E-state index < -0.39 is 46.0 Å². The topological polar surface area (TPSA) is 98.5 Å². The molecule has 2 aromatic carbocycles. The molecule has 10 heteroatoms. The van der Waals surface area contributed by atoms with E-state index >= 15 is 0 Å². The summed E-state index contributed by atoms with van der Waals surface area (Å²) < 4.78 is 44.6. The summed E-state index contributed by atoms with van der Waals surface area (Å²) in [5.74, 6) is -6.80. The molecule has 27 heavy (non-hydrogen) atoms. The number of hydrogen-bond acceptors (Lipinski definition) is 5. The maximum absolute atomic E-state index is 13.6. The molecule has 2 rings (SSSR count). The van der Waals surface area contributed by atoms with Crippen LogP contribution in [0.4, 0.5) is 24.5 Å². The van der Waals surface area contributed by atoms with Gasteiger partial charge in [0.05, 0.1) is 16.2 Å². The predicted octanol–water partition coefficient (Wildman–Crippen LogP) is 3.50. The highest BCUT2D eigenvalue weighted by Crippen LogP contribution is 2.23. The van der Waals surface area contributed by atoms with Crippen molar-refractivity contribution in [3.63, 3.8) is 0 Å². The fraction of sp³-hybridized carbons (Fsp3) is 0.176. The number of nitro groups is 1. The van der Waals surface area contributed by atoms with Crippen LogP contribution in [-0.2, 0) is 9.53 Å². The zero-order valence-electron chi connectivity index (χ0n) is 14.1. The normalized spacial score (nSPS) is 11.6. The quantitative estimate of drug-likeness (QED) is 0.369. The van der Waals surface area contributed by atoms with Gasteiger partial charge in [-0.25, -0.2) is 18.0 Å². The van der Waals surface area contributed by atoms with Crippen LogP contribution in [0.25, 0.3) is 0 Å². The minimum Gasteiger partial charge on any atom is -0.449 e. The second-order valence-corrected chi connectivity index (χ2v) is 5.47. The molecule has 0 saturated heterocycles. The Balaban J connectivity index is 2.13. The largest absolute Gasteiger partial charge is 0.449 e. The molecule has 0 aliphatic rings. The molecule has 0 aliphatic heterocycles. The third-order valence-corrected chi connectivity index (χ3v) is 3.67. The van der Waals surface area contributed by atoms with Gasteiger partial charge in [0.25, 0.3) is 11.6 Å². The standard InChI is InChI=1S/C17H13F3N2O5/c1-8-10(4-3-5-13(8)22(25)26)17(24)27-9(2)16(23)21-12-7-6-11(18)14(19)15(12)20/h3-7,9H,1-2H3,(H,21,23)/t9-/m1/s1. The summed E-state index contributed by atoms with van der Waals surface area (Å²) in [5.41, 5.74) is -1.01. The Kier molecular flexibility index (Phi) is 5.78. The first-order valence-corrected chi connectivity index (χ1v) is 7.52. The molecule has 0 bridgehead atoms. The Morgan fingerprint density at radius 3 is 2.44 bits per heavy atom. The fourth-order valence-corrected chi connectivity index (χ4v) is 2.18. The van der Waals surface area contributed by atoms with E-state index in [0.717, 1.165) is 13.0 Å². The Bertz CT molecular complexity index is 933. The number of carbonyl (C=O) groups excluding carboxylic acids is 2. The monoisotopic (exact) mass is 382 g/mol. The molecule has 0 aromatic heterocycles. The van der Waals surface area contributed by atoms with E-state index in [0.29, 0.717) is 6.07 Å². The van der Waals surface area contributed by atoms with Gasteiger partial charge in [-0.3, -0.25) is 14.9 Å². The van der Waals surface area contributed by atoms with Crippen molar-refractivity contribution in [2.45, 2.75) is 20.0 Å². The van der Waals surface area contributed by atoms with Crippen molar-refractivity contribution < 1.29 is 32.4 Å². The molecule has 7 nitrogen and oxygen atoms in total. The molecule has 0 aliphatic carbocycles. The molecular weight excluding hydrogens is 369 g/mol. The lowest BCUT2D eigenvalue weighted by molar-refractivity contribution is -0.385. The van der Waals surface area contributed by atoms with Crippen LogP contribution in [0.2, 0.25) is 0 Å². The lowest BCUT2D eigenvalue weighted by Crippen LogP contribution is -2.30. The summed E-state index contributed by atoms with van der Waals surface area (Å²) in [6.07, 6.45) is -1.44. The van der Waals surface area contributed by atoms with Crippen LogP contribution < -0.4 is 5.32 Å². The minimum absolute atomic E-state index is 0.0479. The van der Waals surface area contributed by atoms with E-state index in [2.05, 4.69) is 0 Å². The third-order valence-electron chi connectivity index (χ3n) is 3.67. The number of ether oxygens (including phenoxy) is 1. The smallest absolute Gasteiger partial charge is 0.339 e. The second-order valence-electron chi connectivity index (χ2n) is 5.47. The molecule has 1 N–H and O–H groups in total. The van der Waals surface area contributed by atoms with Crippen molar-refractivity contribution >= 4 is 23.3 Å². The van der Waals surface area contributed by atoms with Gasteiger partial charge in [0.1, 0.15) is 0 Å². The first-order valence-electron chi connectivity index (χ1n) is 7.52. The van der Waals surface area contributed by atoms with Gasteiger partial charge in [-0.05, 0) is 32.0 Å². The van der Waals surface area contributed by atoms with E-state index in [1.165, 1.54) is 25.1 Å². The SMILES string of the molecule is Cc1c(C(=O)O[C@H](C)C(=O)Nc2ccc(F)c(F)c2F)cccc1[N+](=O)[O-]. The lowest BCUT2D eigenvalue weighted by atomic mass is 10.1. The van der Waals surface area contributed by atoms with E-state index in [4.69, 9.17) is 4.74 Å². The van der Waals surface area contributed by atoms with Gasteiger partial charge >= 0.3 is 5.97 Å². The van der Waals surface area contributed by atoms with Crippen LogP contribution in [0, 0.1) is 34.5 Å². The van der Waals surface area contributed by atoms with Gasteiger partial charge in [-0.2, -0.15) is 0 Å². The molecule has 0 fully saturated rings. The van der Waals surface area contributed by atoms with Crippen LogP contribution in [0.5, 0.6) is 0 Å². The number of carbonyl (C=O) groups is 2. The highest BCUT2D eigenvalue weighted by molar-refractivity contribution is 5.98. The molecule has 1 amide bonds. The van der Waals surface area contributed by atoms with Crippen molar-refractivity contribution in [3.8, 4) is 0 Å². The number of esters is 1. The molecule has 0 radical (unpaired) electrons. The van der Waals surface area contributed by atoms with E-state index in [1.54, 1.807) is 0 Å². The molecular formula is C17H13F3N2O5. The van der Waals surface area contributed by atoms with Gasteiger partial charge < -0.3 is 10.1 Å². The molecule has 0 heterocycles. The van der Waals surface area contributed by atoms with Gasteiger partial charge in [-0.15, -0.1) is 0 Å². The maximum atomic E-state index is 13.6. The number of nitro benzene ring substituents is 1. The summed E-state index contributed by atoms with van der Waals surface area (Å²) in [6.45, 7) is 2.51. The summed E-state index contributed by atoms with van der Waals surface area (Å²) in [4.78, 5) is 34.4. The highest BCUT2D eigenvalue weighted by Gasteiger charge is 2.24. The maximum Gasteiger partial charge on any atom is 0.339 e. The van der Waals surface area contributed by atoms with Crippen LogP contribution in [-0.4, -0.2) is 22.9 Å². The van der Waals surface area contributed by atoms with Crippen LogP contribution in [0.3, 0.4) is 0 Å². The third kappa shape index (κ3) is 4.22. The van der Waals surface area contributed by atoms with Crippen molar-refractivity contribution in [3.05, 3.63) is 69.0 Å². The molecule has 1 atom stereocenters. The van der Waals surface area contributed by atoms with Gasteiger partial charge in [0.15, 0.2) is 23.6 Å². The van der Waals surface area contributed by atoms with E-state index in [-0.39, 0.29) is 16.8 Å². The zero-order chi connectivity index (χ0) is 20.3. The average Bonchev–Trinajstić information content (AvgIpc) is 2.61. The van der Waals surface area contributed by atoms with Crippen molar-refractivity contribution in [1.82, 2.24) is 0 Å². The summed E-state index contributed by atoms with van der Waals surface area (Å²) in [7, 11) is 0. The Hall–Kier alpha value is -3.43. The minimum atomic E-state index is -1.76. The number of nitrogens with zero attached hydrogens (tertiary/aromatic N) is 1. The number of anilines is 1. The molecule has 0 spiro atoms. The van der Waals surface area contributed by atoms with Gasteiger partial charge in [0.2, 0.25) is 0 Å². The number of halogens is 3.